The molecule has 3 heteroatoms. The van der Waals surface area contributed by atoms with E-state index in [1.165, 1.54) is 0 Å². The molecule has 1 aromatic rings. The Hall–Kier alpha value is -1.35. The third-order valence-corrected chi connectivity index (χ3v) is 2.02. The van der Waals surface area contributed by atoms with Crippen LogP contribution in [0.1, 0.15) is 5.56 Å². The van der Waals surface area contributed by atoms with Gasteiger partial charge in [0.1, 0.15) is 12.0 Å². The second-order valence-corrected chi connectivity index (χ2v) is 3.18. The molecule has 0 aliphatic heterocycles. The van der Waals surface area contributed by atoms with Crippen molar-refractivity contribution < 1.29 is 9.53 Å². The maximum atomic E-state index is 10.3. The number of carbonyl (C=O) groups is 1. The molecular weight excluding hydrogens is 178 g/mol. The number of aldehydes is 1. The molecular formula is C11H15NO2. The number of hydrogen-bond acceptors (Lipinski definition) is 3. The van der Waals surface area contributed by atoms with Crippen molar-refractivity contribution in [3.63, 3.8) is 0 Å². The van der Waals surface area contributed by atoms with Crippen LogP contribution in [0, 0.1) is 0 Å². The second-order valence-electron chi connectivity index (χ2n) is 3.18. The van der Waals surface area contributed by atoms with Gasteiger partial charge in [-0.2, -0.15) is 0 Å². The molecule has 0 N–H and O–H groups in total. The lowest BCUT2D eigenvalue weighted by atomic mass is 10.2. The van der Waals surface area contributed by atoms with Gasteiger partial charge in [0, 0.05) is 12.1 Å². The van der Waals surface area contributed by atoms with Gasteiger partial charge < -0.3 is 9.53 Å². The van der Waals surface area contributed by atoms with Gasteiger partial charge in [-0.15, -0.1) is 0 Å². The van der Waals surface area contributed by atoms with Crippen molar-refractivity contribution in [3.05, 3.63) is 29.8 Å². The average molecular weight is 193 g/mol. The van der Waals surface area contributed by atoms with Crippen LogP contribution in [0.15, 0.2) is 24.3 Å². The van der Waals surface area contributed by atoms with Gasteiger partial charge >= 0.3 is 0 Å². The molecule has 3 nitrogen and oxygen atoms in total. The van der Waals surface area contributed by atoms with Gasteiger partial charge in [0.05, 0.1) is 13.7 Å². The smallest absolute Gasteiger partial charge is 0.133 e. The number of para-hydroxylation sites is 1. The Morgan fingerprint density at radius 1 is 1.43 bits per heavy atom. The van der Waals surface area contributed by atoms with E-state index in [-0.39, 0.29) is 0 Å². The van der Waals surface area contributed by atoms with Crippen LogP contribution in [0.4, 0.5) is 0 Å². The lowest BCUT2D eigenvalue weighted by Crippen LogP contribution is -2.20. The van der Waals surface area contributed by atoms with Crippen LogP contribution < -0.4 is 4.74 Å². The van der Waals surface area contributed by atoms with E-state index in [1.807, 2.05) is 36.2 Å². The highest BCUT2D eigenvalue weighted by molar-refractivity contribution is 5.52. The first-order valence-corrected chi connectivity index (χ1v) is 4.52. The quantitative estimate of drug-likeness (QED) is 0.661. The molecule has 1 aromatic carbocycles. The van der Waals surface area contributed by atoms with Crippen LogP contribution in [0.25, 0.3) is 0 Å². The Balaban J connectivity index is 2.69. The molecule has 1 rings (SSSR count). The monoisotopic (exact) mass is 193 g/mol. The zero-order valence-corrected chi connectivity index (χ0v) is 8.56. The van der Waals surface area contributed by atoms with E-state index in [9.17, 15) is 4.79 Å². The normalized spacial score (nSPS) is 10.2. The fraction of sp³-hybridized carbons (Fsp3) is 0.364. The third-order valence-electron chi connectivity index (χ3n) is 2.02. The van der Waals surface area contributed by atoms with E-state index in [0.717, 1.165) is 24.1 Å². The van der Waals surface area contributed by atoms with Crippen molar-refractivity contribution in [1.29, 1.82) is 0 Å². The molecule has 0 aromatic heterocycles. The average Bonchev–Trinajstić information content (AvgIpc) is 2.19. The van der Waals surface area contributed by atoms with E-state index in [2.05, 4.69) is 0 Å². The SMILES string of the molecule is COc1ccccc1CN(C)CC=O. The highest BCUT2D eigenvalue weighted by Crippen LogP contribution is 2.18. The molecule has 0 saturated carbocycles. The van der Waals surface area contributed by atoms with Gasteiger partial charge in [-0.1, -0.05) is 18.2 Å². The van der Waals surface area contributed by atoms with Crippen LogP contribution in [0.2, 0.25) is 0 Å². The topological polar surface area (TPSA) is 29.5 Å². The Morgan fingerprint density at radius 3 is 2.79 bits per heavy atom. The summed E-state index contributed by atoms with van der Waals surface area (Å²) >= 11 is 0. The summed E-state index contributed by atoms with van der Waals surface area (Å²) in [5.74, 6) is 0.866. The maximum absolute atomic E-state index is 10.3. The van der Waals surface area contributed by atoms with Crippen LogP contribution >= 0.6 is 0 Å². The molecule has 0 fully saturated rings. The lowest BCUT2D eigenvalue weighted by molar-refractivity contribution is -0.108. The van der Waals surface area contributed by atoms with E-state index >= 15 is 0 Å². The summed E-state index contributed by atoms with van der Waals surface area (Å²) in [5.41, 5.74) is 1.10. The van der Waals surface area contributed by atoms with Gasteiger partial charge in [0.15, 0.2) is 0 Å². The summed E-state index contributed by atoms with van der Waals surface area (Å²) in [7, 11) is 3.55. The van der Waals surface area contributed by atoms with Gasteiger partial charge in [-0.3, -0.25) is 4.90 Å². The Labute approximate surface area is 84.3 Å². The van der Waals surface area contributed by atoms with E-state index < -0.39 is 0 Å². The molecule has 0 atom stereocenters. The van der Waals surface area contributed by atoms with Gasteiger partial charge in [-0.05, 0) is 13.1 Å². The zero-order chi connectivity index (χ0) is 10.4. The fourth-order valence-corrected chi connectivity index (χ4v) is 1.32. The molecule has 0 bridgehead atoms. The molecule has 0 aliphatic carbocycles. The standard InChI is InChI=1S/C11H15NO2/c1-12(7-8-13)9-10-5-3-4-6-11(10)14-2/h3-6,8H,7,9H2,1-2H3. The Morgan fingerprint density at radius 2 is 2.14 bits per heavy atom. The summed E-state index contributed by atoms with van der Waals surface area (Å²) in [6.45, 7) is 1.17. The molecule has 0 spiro atoms. The fourth-order valence-electron chi connectivity index (χ4n) is 1.32. The molecule has 0 saturated heterocycles. The molecule has 14 heavy (non-hydrogen) atoms. The highest BCUT2D eigenvalue weighted by atomic mass is 16.5. The van der Waals surface area contributed by atoms with E-state index in [0.29, 0.717) is 6.54 Å². The number of likely N-dealkylation sites (N-methyl/N-ethyl adjacent to an activating group) is 1. The first kappa shape index (κ1) is 10.7. The van der Waals surface area contributed by atoms with Crippen LogP contribution in [0.5, 0.6) is 5.75 Å². The van der Waals surface area contributed by atoms with Crippen LogP contribution in [-0.4, -0.2) is 31.9 Å². The Bertz CT molecular complexity index is 299. The lowest BCUT2D eigenvalue weighted by Gasteiger charge is -2.15. The van der Waals surface area contributed by atoms with Crippen molar-refractivity contribution in [2.75, 3.05) is 20.7 Å². The van der Waals surface area contributed by atoms with Crippen molar-refractivity contribution in [3.8, 4) is 5.75 Å². The summed E-state index contributed by atoms with van der Waals surface area (Å²) < 4.78 is 5.21. The summed E-state index contributed by atoms with van der Waals surface area (Å²) in [4.78, 5) is 12.2. The number of carbonyl (C=O) groups excluding carboxylic acids is 1. The number of ether oxygens (including phenoxy) is 1. The first-order chi connectivity index (χ1) is 6.77. The summed E-state index contributed by atoms with van der Waals surface area (Å²) in [6, 6.07) is 7.82. The molecule has 0 amide bonds. The highest BCUT2D eigenvalue weighted by Gasteiger charge is 2.04. The van der Waals surface area contributed by atoms with Gasteiger partial charge in [0.25, 0.3) is 0 Å². The molecule has 0 unspecified atom stereocenters. The molecule has 0 aliphatic rings. The third kappa shape index (κ3) is 2.85. The van der Waals surface area contributed by atoms with Crippen molar-refractivity contribution in [2.45, 2.75) is 6.54 Å². The van der Waals surface area contributed by atoms with Gasteiger partial charge in [0.2, 0.25) is 0 Å². The number of rotatable bonds is 5. The predicted octanol–water partition coefficient (Wildman–Crippen LogP) is 1.33. The molecule has 76 valence electrons. The number of nitrogens with zero attached hydrogens (tertiary/aromatic N) is 1. The largest absolute Gasteiger partial charge is 0.496 e. The minimum atomic E-state index is 0.443. The molecule has 0 radical (unpaired) electrons. The van der Waals surface area contributed by atoms with Crippen molar-refractivity contribution in [2.24, 2.45) is 0 Å². The molecule has 0 heterocycles. The first-order valence-electron chi connectivity index (χ1n) is 4.52. The minimum absolute atomic E-state index is 0.443. The second kappa shape index (κ2) is 5.40. The van der Waals surface area contributed by atoms with Crippen LogP contribution in [-0.2, 0) is 11.3 Å². The maximum Gasteiger partial charge on any atom is 0.133 e. The minimum Gasteiger partial charge on any atom is -0.496 e. The van der Waals surface area contributed by atoms with Crippen molar-refractivity contribution >= 4 is 6.29 Å². The number of methoxy groups -OCH3 is 1. The Kier molecular flexibility index (Phi) is 4.13. The van der Waals surface area contributed by atoms with Crippen LogP contribution in [0.3, 0.4) is 0 Å². The number of hydrogen-bond donors (Lipinski definition) is 0. The summed E-state index contributed by atoms with van der Waals surface area (Å²) in [6.07, 6.45) is 0.898. The van der Waals surface area contributed by atoms with E-state index in [1.54, 1.807) is 7.11 Å². The van der Waals surface area contributed by atoms with Gasteiger partial charge in [-0.25, -0.2) is 0 Å². The summed E-state index contributed by atoms with van der Waals surface area (Å²) in [5, 5.41) is 0. The van der Waals surface area contributed by atoms with E-state index in [4.69, 9.17) is 4.74 Å². The zero-order valence-electron chi connectivity index (χ0n) is 8.56. The predicted molar refractivity (Wildman–Crippen MR) is 55.4 cm³/mol. The number of benzene rings is 1. The van der Waals surface area contributed by atoms with Crippen molar-refractivity contribution in [1.82, 2.24) is 4.90 Å².